The lowest BCUT2D eigenvalue weighted by Gasteiger charge is -2.17. The topological polar surface area (TPSA) is 30.2 Å². The highest BCUT2D eigenvalue weighted by molar-refractivity contribution is 7.99. The summed E-state index contributed by atoms with van der Waals surface area (Å²) in [6.07, 6.45) is 17.2. The van der Waals surface area contributed by atoms with Gasteiger partial charge in [-0.3, -0.25) is 0 Å². The first-order chi connectivity index (χ1) is 20.9. The first-order valence-corrected chi connectivity index (χ1v) is 16.9. The molecule has 0 bridgehead atoms. The largest absolute Gasteiger partial charge is 0.232 e. The van der Waals surface area contributed by atoms with Crippen molar-refractivity contribution in [1.29, 1.82) is 0 Å². The van der Waals surface area contributed by atoms with Gasteiger partial charge in [-0.15, -0.1) is 0 Å². The summed E-state index contributed by atoms with van der Waals surface area (Å²) in [4.78, 5) is 7.94. The average molecular weight is 616 g/mol. The highest BCUT2D eigenvalue weighted by Crippen LogP contribution is 2.33. The minimum absolute atomic E-state index is 0.221. The van der Waals surface area contributed by atoms with Crippen molar-refractivity contribution in [1.82, 2.24) is 14.6 Å². The second-order valence-electron chi connectivity index (χ2n) is 10.7. The van der Waals surface area contributed by atoms with Gasteiger partial charge in [0.05, 0.1) is 18.3 Å². The van der Waals surface area contributed by atoms with E-state index >= 15 is 0 Å². The van der Waals surface area contributed by atoms with Crippen LogP contribution in [-0.4, -0.2) is 14.6 Å². The first kappa shape index (κ1) is 34.4. The third-order valence-electron chi connectivity index (χ3n) is 7.47. The predicted molar refractivity (Wildman–Crippen MR) is 185 cm³/mol. The molecule has 2 aromatic carbocycles. The van der Waals surface area contributed by atoms with E-state index in [-0.39, 0.29) is 12.1 Å². The molecule has 2 aromatic heterocycles. The Labute approximate surface area is 267 Å². The summed E-state index contributed by atoms with van der Waals surface area (Å²) in [6.45, 7) is 14.1. The number of fused-ring (bicyclic) bond motifs is 1. The van der Waals surface area contributed by atoms with Gasteiger partial charge in [-0.1, -0.05) is 111 Å². The Balaban J connectivity index is 0.000000489. The number of hydrogen-bond donors (Lipinski definition) is 0. The summed E-state index contributed by atoms with van der Waals surface area (Å²) >= 11 is 2.07. The van der Waals surface area contributed by atoms with Crippen molar-refractivity contribution in [3.63, 3.8) is 0 Å². The van der Waals surface area contributed by atoms with E-state index in [1.165, 1.54) is 26.5 Å². The van der Waals surface area contributed by atoms with Gasteiger partial charge in [0.1, 0.15) is 4.90 Å². The van der Waals surface area contributed by atoms with Gasteiger partial charge in [0.15, 0.2) is 5.65 Å². The Morgan fingerprint density at radius 3 is 2.47 bits per heavy atom. The summed E-state index contributed by atoms with van der Waals surface area (Å²) < 4.78 is 15.1. The molecule has 4 rings (SSSR count). The fraction of sp³-hybridized carbons (Fsp3) is 0.351. The van der Waals surface area contributed by atoms with Crippen LogP contribution in [0.2, 0.25) is 0 Å². The van der Waals surface area contributed by atoms with Crippen molar-refractivity contribution >= 4 is 29.6 Å². The van der Waals surface area contributed by atoms with Crippen LogP contribution >= 0.6 is 23.9 Å². The third-order valence-corrected chi connectivity index (χ3v) is 9.05. The van der Waals surface area contributed by atoms with Crippen LogP contribution in [0, 0.1) is 13.8 Å². The molecular weight excluding hydrogens is 570 g/mol. The maximum absolute atomic E-state index is 13.3. The SMILES string of the molecule is C=C/C=C\C(=C/C)CC.CCCC(CCCCc1ccccc1Sc1ccc(C)cc1)c1cc(C)n2ncc(SF)c2n1. The monoisotopic (exact) mass is 615 g/mol. The molecular formula is C37H46FN3S2. The van der Waals surface area contributed by atoms with Crippen LogP contribution in [0.25, 0.3) is 5.65 Å². The Hall–Kier alpha value is -3.09. The molecule has 0 fully saturated rings. The fourth-order valence-corrected chi connectivity index (χ4v) is 6.29. The molecule has 43 heavy (non-hydrogen) atoms. The molecule has 228 valence electrons. The fourth-order valence-electron chi connectivity index (χ4n) is 5.03. The van der Waals surface area contributed by atoms with E-state index in [0.717, 1.165) is 56.3 Å². The molecule has 2 heterocycles. The molecule has 1 atom stereocenters. The van der Waals surface area contributed by atoms with Crippen molar-refractivity contribution in [2.45, 2.75) is 100 Å². The van der Waals surface area contributed by atoms with Crippen LogP contribution in [0.15, 0.2) is 112 Å². The van der Waals surface area contributed by atoms with Crippen LogP contribution in [-0.2, 0) is 6.42 Å². The molecule has 0 saturated carbocycles. The average Bonchev–Trinajstić information content (AvgIpc) is 3.45. The van der Waals surface area contributed by atoms with Gasteiger partial charge in [0, 0.05) is 27.1 Å². The van der Waals surface area contributed by atoms with E-state index in [1.807, 2.05) is 31.7 Å². The summed E-state index contributed by atoms with van der Waals surface area (Å²) in [5.41, 5.74) is 6.76. The second-order valence-corrected chi connectivity index (χ2v) is 12.4. The summed E-state index contributed by atoms with van der Waals surface area (Å²) in [5.74, 6) is 0.387. The lowest BCUT2D eigenvalue weighted by Crippen LogP contribution is -2.06. The lowest BCUT2D eigenvalue weighted by molar-refractivity contribution is 0.520. The third kappa shape index (κ3) is 10.5. The van der Waals surface area contributed by atoms with Gasteiger partial charge in [0.2, 0.25) is 0 Å². The highest BCUT2D eigenvalue weighted by Gasteiger charge is 2.17. The van der Waals surface area contributed by atoms with Crippen LogP contribution in [0.3, 0.4) is 0 Å². The highest BCUT2D eigenvalue weighted by atomic mass is 32.2. The number of aromatic nitrogens is 3. The molecule has 4 aromatic rings. The molecule has 0 aliphatic carbocycles. The number of halogens is 1. The summed E-state index contributed by atoms with van der Waals surface area (Å²) in [6, 6.07) is 19.6. The maximum Gasteiger partial charge on any atom is 0.171 e. The molecule has 0 aliphatic rings. The molecule has 0 saturated heterocycles. The van der Waals surface area contributed by atoms with E-state index < -0.39 is 0 Å². The van der Waals surface area contributed by atoms with Gasteiger partial charge in [-0.2, -0.15) is 8.98 Å². The normalized spacial score (nSPS) is 12.4. The smallest absolute Gasteiger partial charge is 0.171 e. The molecule has 0 amide bonds. The van der Waals surface area contributed by atoms with Gasteiger partial charge < -0.3 is 0 Å². The Morgan fingerprint density at radius 2 is 1.79 bits per heavy atom. The molecule has 0 radical (unpaired) electrons. The van der Waals surface area contributed by atoms with Crippen molar-refractivity contribution < 1.29 is 3.89 Å². The van der Waals surface area contributed by atoms with Gasteiger partial charge in [-0.25, -0.2) is 9.50 Å². The molecule has 3 nitrogen and oxygen atoms in total. The Kier molecular flexibility index (Phi) is 14.8. The zero-order chi connectivity index (χ0) is 31.0. The van der Waals surface area contributed by atoms with Crippen LogP contribution < -0.4 is 0 Å². The molecule has 1 unspecified atom stereocenters. The van der Waals surface area contributed by atoms with Crippen LogP contribution in [0.4, 0.5) is 3.89 Å². The summed E-state index contributed by atoms with van der Waals surface area (Å²) in [7, 11) is 0. The number of benzene rings is 2. The second kappa shape index (κ2) is 18.5. The Bertz CT molecular complexity index is 1490. The van der Waals surface area contributed by atoms with Crippen LogP contribution in [0.1, 0.15) is 87.7 Å². The number of unbranched alkanes of at least 4 members (excludes halogenated alkanes) is 1. The number of aryl methyl sites for hydroxylation is 3. The van der Waals surface area contributed by atoms with E-state index in [2.05, 4.69) is 99.2 Å². The van der Waals surface area contributed by atoms with E-state index in [9.17, 15) is 3.89 Å². The van der Waals surface area contributed by atoms with Gasteiger partial charge >= 0.3 is 0 Å². The number of nitrogens with zero attached hydrogens (tertiary/aromatic N) is 3. The van der Waals surface area contributed by atoms with E-state index in [1.54, 1.807) is 16.8 Å². The lowest BCUT2D eigenvalue weighted by atomic mass is 9.92. The van der Waals surface area contributed by atoms with Crippen LogP contribution in [0.5, 0.6) is 0 Å². The molecule has 6 heteroatoms. The van der Waals surface area contributed by atoms with Gasteiger partial charge in [-0.05, 0) is 82.7 Å². The molecule has 0 spiro atoms. The minimum atomic E-state index is 0.221. The zero-order valence-corrected chi connectivity index (χ0v) is 28.0. The quantitative estimate of drug-likeness (QED) is 0.104. The van der Waals surface area contributed by atoms with Crippen molar-refractivity contribution in [2.75, 3.05) is 0 Å². The predicted octanol–water partition coefficient (Wildman–Crippen LogP) is 11.9. The zero-order valence-electron chi connectivity index (χ0n) is 26.4. The standard InChI is InChI=1S/C28H32FN3S2.C9H14/c1-4-9-22(25-18-21(3)32-28(31-25)27(34-29)19-30-32)10-5-6-11-23-12-7-8-13-26(23)33-24-16-14-20(2)15-17-24;1-4-7-8-9(5-2)6-3/h7-8,12-19,22H,4-6,9-11H2,1-3H3;4-5,7-8H,1,6H2,2-3H3/b;8-7-,9-5-. The minimum Gasteiger partial charge on any atom is -0.232 e. The molecule has 0 N–H and O–H groups in total. The van der Waals surface area contributed by atoms with Crippen molar-refractivity contribution in [3.05, 3.63) is 120 Å². The van der Waals surface area contributed by atoms with Crippen molar-refractivity contribution in [3.8, 4) is 0 Å². The maximum atomic E-state index is 13.3. The van der Waals surface area contributed by atoms with E-state index in [0.29, 0.717) is 16.5 Å². The molecule has 0 aliphatic heterocycles. The number of allylic oxidation sites excluding steroid dienone is 5. The number of hydrogen-bond acceptors (Lipinski definition) is 4. The summed E-state index contributed by atoms with van der Waals surface area (Å²) in [5, 5.41) is 4.28. The first-order valence-electron chi connectivity index (χ1n) is 15.3. The number of rotatable bonds is 14. The van der Waals surface area contributed by atoms with Crippen molar-refractivity contribution in [2.24, 2.45) is 0 Å². The van der Waals surface area contributed by atoms with E-state index in [4.69, 9.17) is 4.98 Å². The Morgan fingerprint density at radius 1 is 1.02 bits per heavy atom. The van der Waals surface area contributed by atoms with Gasteiger partial charge in [0.25, 0.3) is 0 Å².